The molecule has 2 aromatic rings. The van der Waals surface area contributed by atoms with Crippen LogP contribution in [0.1, 0.15) is 18.9 Å². The molecule has 0 aromatic heterocycles. The summed E-state index contributed by atoms with van der Waals surface area (Å²) < 4.78 is 6.00. The Labute approximate surface area is 130 Å². The van der Waals surface area contributed by atoms with Crippen molar-refractivity contribution < 1.29 is 4.74 Å². The number of fused-ring (bicyclic) bond motifs is 1. The predicted molar refractivity (Wildman–Crippen MR) is 88.1 cm³/mol. The first-order valence-electron chi connectivity index (χ1n) is 7.22. The molecule has 0 radical (unpaired) electrons. The molecule has 4 heteroatoms. The fourth-order valence-electron chi connectivity index (χ4n) is 2.64. The summed E-state index contributed by atoms with van der Waals surface area (Å²) in [5.41, 5.74) is 8.83. The van der Waals surface area contributed by atoms with Crippen molar-refractivity contribution in [3.63, 3.8) is 0 Å². The number of nitrogens with two attached hydrogens (primary N) is 1. The van der Waals surface area contributed by atoms with Crippen molar-refractivity contribution in [3.05, 3.63) is 53.1 Å². The molecule has 0 saturated carbocycles. The maximum atomic E-state index is 6.29. The Morgan fingerprint density at radius 1 is 1.29 bits per heavy atom. The SMILES string of the molecule is CCC1CN(Cc2ccccc2Cl)c2cc(N)ccc2O1. The molecule has 1 aliphatic rings. The first-order valence-corrected chi connectivity index (χ1v) is 7.59. The van der Waals surface area contributed by atoms with Crippen molar-refractivity contribution in [2.45, 2.75) is 26.0 Å². The normalized spacial score (nSPS) is 17.2. The average Bonchev–Trinajstić information content (AvgIpc) is 2.49. The van der Waals surface area contributed by atoms with Gasteiger partial charge in [-0.1, -0.05) is 36.7 Å². The van der Waals surface area contributed by atoms with Crippen molar-refractivity contribution in [3.8, 4) is 5.75 Å². The first-order chi connectivity index (χ1) is 10.2. The Hall–Kier alpha value is -1.87. The highest BCUT2D eigenvalue weighted by Crippen LogP contribution is 2.37. The number of nitrogen functional groups attached to an aromatic ring is 1. The number of hydrogen-bond acceptors (Lipinski definition) is 3. The molecule has 0 bridgehead atoms. The van der Waals surface area contributed by atoms with Gasteiger partial charge in [0, 0.05) is 17.3 Å². The van der Waals surface area contributed by atoms with E-state index in [4.69, 9.17) is 22.1 Å². The highest BCUT2D eigenvalue weighted by molar-refractivity contribution is 6.31. The molecule has 2 N–H and O–H groups in total. The number of ether oxygens (including phenoxy) is 1. The molecule has 0 amide bonds. The number of hydrogen-bond donors (Lipinski definition) is 1. The molecule has 0 spiro atoms. The summed E-state index contributed by atoms with van der Waals surface area (Å²) in [5, 5.41) is 0.794. The zero-order valence-electron chi connectivity index (χ0n) is 12.1. The van der Waals surface area contributed by atoms with Gasteiger partial charge in [-0.25, -0.2) is 0 Å². The van der Waals surface area contributed by atoms with Crippen LogP contribution in [0.3, 0.4) is 0 Å². The molecule has 0 aliphatic carbocycles. The van der Waals surface area contributed by atoms with Crippen LogP contribution >= 0.6 is 11.6 Å². The maximum Gasteiger partial charge on any atom is 0.143 e. The summed E-state index contributed by atoms with van der Waals surface area (Å²) >= 11 is 6.29. The van der Waals surface area contributed by atoms with Gasteiger partial charge in [0.1, 0.15) is 11.9 Å². The van der Waals surface area contributed by atoms with Crippen molar-refractivity contribution in [2.24, 2.45) is 0 Å². The van der Waals surface area contributed by atoms with Crippen molar-refractivity contribution >= 4 is 23.0 Å². The van der Waals surface area contributed by atoms with E-state index >= 15 is 0 Å². The van der Waals surface area contributed by atoms with Gasteiger partial charge in [0.25, 0.3) is 0 Å². The second-order valence-electron chi connectivity index (χ2n) is 5.35. The van der Waals surface area contributed by atoms with E-state index in [0.29, 0.717) is 0 Å². The van der Waals surface area contributed by atoms with Crippen molar-refractivity contribution in [1.82, 2.24) is 0 Å². The quantitative estimate of drug-likeness (QED) is 0.868. The van der Waals surface area contributed by atoms with E-state index in [0.717, 1.165) is 47.2 Å². The summed E-state index contributed by atoms with van der Waals surface area (Å²) in [4.78, 5) is 2.30. The van der Waals surface area contributed by atoms with Gasteiger partial charge in [-0.3, -0.25) is 0 Å². The maximum absolute atomic E-state index is 6.29. The van der Waals surface area contributed by atoms with Gasteiger partial charge in [-0.05, 0) is 36.2 Å². The fraction of sp³-hybridized carbons (Fsp3) is 0.294. The molecular weight excluding hydrogens is 284 g/mol. The number of anilines is 2. The monoisotopic (exact) mass is 302 g/mol. The summed E-state index contributed by atoms with van der Waals surface area (Å²) in [6.45, 7) is 3.74. The van der Waals surface area contributed by atoms with Crippen LogP contribution in [0.15, 0.2) is 42.5 Å². The van der Waals surface area contributed by atoms with E-state index in [9.17, 15) is 0 Å². The highest BCUT2D eigenvalue weighted by Gasteiger charge is 2.25. The topological polar surface area (TPSA) is 38.5 Å². The number of halogens is 1. The van der Waals surface area contributed by atoms with Crippen LogP contribution in [0.5, 0.6) is 5.75 Å². The van der Waals surface area contributed by atoms with Crippen molar-refractivity contribution in [2.75, 3.05) is 17.2 Å². The number of nitrogens with zero attached hydrogens (tertiary/aromatic N) is 1. The van der Waals surface area contributed by atoms with Crippen LogP contribution < -0.4 is 15.4 Å². The van der Waals surface area contributed by atoms with Crippen LogP contribution in [0.2, 0.25) is 5.02 Å². The molecule has 0 saturated heterocycles. The minimum absolute atomic E-state index is 0.198. The minimum atomic E-state index is 0.198. The second-order valence-corrected chi connectivity index (χ2v) is 5.75. The number of rotatable bonds is 3. The summed E-state index contributed by atoms with van der Waals surface area (Å²) in [6.07, 6.45) is 1.17. The third-order valence-corrected chi connectivity index (χ3v) is 4.18. The van der Waals surface area contributed by atoms with E-state index in [2.05, 4.69) is 17.9 Å². The first kappa shape index (κ1) is 14.1. The summed E-state index contributed by atoms with van der Waals surface area (Å²) in [5.74, 6) is 0.898. The van der Waals surface area contributed by atoms with Gasteiger partial charge in [0.05, 0.1) is 12.2 Å². The van der Waals surface area contributed by atoms with Crippen LogP contribution in [0.4, 0.5) is 11.4 Å². The molecule has 1 heterocycles. The van der Waals surface area contributed by atoms with Crippen molar-refractivity contribution in [1.29, 1.82) is 0 Å². The molecular formula is C17H19ClN2O. The van der Waals surface area contributed by atoms with Gasteiger partial charge in [-0.2, -0.15) is 0 Å². The van der Waals surface area contributed by atoms with Crippen LogP contribution in [0, 0.1) is 0 Å². The molecule has 1 atom stereocenters. The third-order valence-electron chi connectivity index (χ3n) is 3.82. The lowest BCUT2D eigenvalue weighted by Crippen LogP contribution is -2.39. The van der Waals surface area contributed by atoms with Crippen LogP contribution in [-0.2, 0) is 6.54 Å². The minimum Gasteiger partial charge on any atom is -0.486 e. The molecule has 1 unspecified atom stereocenters. The van der Waals surface area contributed by atoms with Gasteiger partial charge in [-0.15, -0.1) is 0 Å². The number of benzene rings is 2. The Morgan fingerprint density at radius 3 is 2.86 bits per heavy atom. The third kappa shape index (κ3) is 2.93. The zero-order chi connectivity index (χ0) is 14.8. The fourth-order valence-corrected chi connectivity index (χ4v) is 2.83. The zero-order valence-corrected chi connectivity index (χ0v) is 12.8. The predicted octanol–water partition coefficient (Wildman–Crippen LogP) is 4.10. The Morgan fingerprint density at radius 2 is 2.10 bits per heavy atom. The van der Waals surface area contributed by atoms with Gasteiger partial charge < -0.3 is 15.4 Å². The lowest BCUT2D eigenvalue weighted by Gasteiger charge is -2.36. The molecule has 3 rings (SSSR count). The average molecular weight is 303 g/mol. The molecule has 2 aromatic carbocycles. The highest BCUT2D eigenvalue weighted by atomic mass is 35.5. The smallest absolute Gasteiger partial charge is 0.143 e. The molecule has 21 heavy (non-hydrogen) atoms. The standard InChI is InChI=1S/C17H19ClN2O/c1-2-14-11-20(10-12-5-3-4-6-15(12)18)16-9-13(19)7-8-17(16)21-14/h3-9,14H,2,10-11,19H2,1H3. The summed E-state index contributed by atoms with van der Waals surface area (Å²) in [6, 6.07) is 13.7. The van der Waals surface area contributed by atoms with Gasteiger partial charge >= 0.3 is 0 Å². The lowest BCUT2D eigenvalue weighted by atomic mass is 10.1. The molecule has 3 nitrogen and oxygen atoms in total. The Kier molecular flexibility index (Phi) is 3.93. The van der Waals surface area contributed by atoms with E-state index in [1.54, 1.807) is 0 Å². The molecule has 1 aliphatic heterocycles. The van der Waals surface area contributed by atoms with E-state index in [-0.39, 0.29) is 6.10 Å². The Bertz CT molecular complexity index is 644. The van der Waals surface area contributed by atoms with Gasteiger partial charge in [0.15, 0.2) is 0 Å². The molecule has 110 valence electrons. The van der Waals surface area contributed by atoms with E-state index in [1.807, 2.05) is 36.4 Å². The Balaban J connectivity index is 1.94. The lowest BCUT2D eigenvalue weighted by molar-refractivity contribution is 0.189. The second kappa shape index (κ2) is 5.86. The largest absolute Gasteiger partial charge is 0.486 e. The van der Waals surface area contributed by atoms with E-state index < -0.39 is 0 Å². The summed E-state index contributed by atoms with van der Waals surface area (Å²) in [7, 11) is 0. The van der Waals surface area contributed by atoms with Gasteiger partial charge in [0.2, 0.25) is 0 Å². The van der Waals surface area contributed by atoms with Crippen LogP contribution in [-0.4, -0.2) is 12.6 Å². The van der Waals surface area contributed by atoms with E-state index in [1.165, 1.54) is 0 Å². The molecule has 0 fully saturated rings. The van der Waals surface area contributed by atoms with Crippen LogP contribution in [0.25, 0.3) is 0 Å².